The molecule has 0 unspecified atom stereocenters. The quantitative estimate of drug-likeness (QED) is 0.643. The summed E-state index contributed by atoms with van der Waals surface area (Å²) in [6.45, 7) is 5.11. The number of ether oxygens (including phenoxy) is 2. The molecule has 0 fully saturated rings. The Morgan fingerprint density at radius 2 is 1.76 bits per heavy atom. The van der Waals surface area contributed by atoms with Crippen molar-refractivity contribution in [3.8, 4) is 5.75 Å². The van der Waals surface area contributed by atoms with E-state index in [1.54, 1.807) is 6.07 Å². The highest BCUT2D eigenvalue weighted by molar-refractivity contribution is 5.35. The zero-order chi connectivity index (χ0) is 16.1. The van der Waals surface area contributed by atoms with Crippen LogP contribution in [0.2, 0.25) is 0 Å². The molecule has 0 aliphatic heterocycles. The lowest BCUT2D eigenvalue weighted by Gasteiger charge is -2.22. The molecule has 1 N–H and O–H groups in total. The first-order chi connectivity index (χ1) is 9.58. The van der Waals surface area contributed by atoms with Crippen molar-refractivity contribution in [2.45, 2.75) is 39.2 Å². The first-order valence-electron chi connectivity index (χ1n) is 6.44. The second-order valence-electron chi connectivity index (χ2n) is 5.47. The number of rotatable bonds is 6. The van der Waals surface area contributed by atoms with E-state index in [1.807, 2.05) is 20.8 Å². The van der Waals surface area contributed by atoms with E-state index < -0.39 is 18.8 Å². The van der Waals surface area contributed by atoms with Crippen LogP contribution in [0.25, 0.3) is 0 Å². The minimum Gasteiger partial charge on any atom is -0.488 e. The number of para-hydroxylation sites is 1. The second kappa shape index (κ2) is 7.09. The van der Waals surface area contributed by atoms with Crippen LogP contribution in [0.3, 0.4) is 0 Å². The summed E-state index contributed by atoms with van der Waals surface area (Å²) in [4.78, 5) is 0. The predicted molar refractivity (Wildman–Crippen MR) is 70.5 cm³/mol. The van der Waals surface area contributed by atoms with Crippen LogP contribution in [-0.2, 0) is 11.3 Å². The predicted octanol–water partition coefficient (Wildman–Crippen LogP) is 3.63. The first kappa shape index (κ1) is 17.7. The zero-order valence-electron chi connectivity index (χ0n) is 12.2. The molecular formula is C14H19F4NO2. The first-order valence-corrected chi connectivity index (χ1v) is 6.44. The van der Waals surface area contributed by atoms with Crippen molar-refractivity contribution < 1.29 is 27.0 Å². The number of alkyl halides is 3. The van der Waals surface area contributed by atoms with Gasteiger partial charge in [0.15, 0.2) is 11.6 Å². The van der Waals surface area contributed by atoms with Crippen LogP contribution in [0.1, 0.15) is 26.3 Å². The normalized spacial score (nSPS) is 12.5. The Morgan fingerprint density at radius 3 is 2.33 bits per heavy atom. The molecular weight excluding hydrogens is 290 g/mol. The third-order valence-corrected chi connectivity index (χ3v) is 2.45. The third kappa shape index (κ3) is 7.29. The number of hydrogen-bond donors (Lipinski definition) is 1. The van der Waals surface area contributed by atoms with E-state index in [-0.39, 0.29) is 17.9 Å². The van der Waals surface area contributed by atoms with Gasteiger partial charge in [-0.2, -0.15) is 0 Å². The SMILES string of the molecule is CC(C)(C)NCc1cccc(F)c1OCCOC(F)(F)F. The monoisotopic (exact) mass is 309 g/mol. The highest BCUT2D eigenvalue weighted by atomic mass is 19.4. The fourth-order valence-electron chi connectivity index (χ4n) is 1.52. The van der Waals surface area contributed by atoms with Gasteiger partial charge in [0.2, 0.25) is 0 Å². The molecule has 0 aliphatic rings. The largest absolute Gasteiger partial charge is 0.522 e. The fraction of sp³-hybridized carbons (Fsp3) is 0.571. The third-order valence-electron chi connectivity index (χ3n) is 2.45. The summed E-state index contributed by atoms with van der Waals surface area (Å²) in [5, 5.41) is 3.16. The van der Waals surface area contributed by atoms with Crippen molar-refractivity contribution in [2.24, 2.45) is 0 Å². The maximum absolute atomic E-state index is 13.7. The van der Waals surface area contributed by atoms with Gasteiger partial charge in [0.05, 0.1) is 6.61 Å². The van der Waals surface area contributed by atoms with Crippen LogP contribution >= 0.6 is 0 Å². The maximum Gasteiger partial charge on any atom is 0.522 e. The van der Waals surface area contributed by atoms with Crippen LogP contribution < -0.4 is 10.1 Å². The molecule has 0 bridgehead atoms. The molecule has 0 radical (unpaired) electrons. The van der Waals surface area contributed by atoms with E-state index in [9.17, 15) is 17.6 Å². The van der Waals surface area contributed by atoms with Crippen molar-refractivity contribution >= 4 is 0 Å². The van der Waals surface area contributed by atoms with E-state index in [2.05, 4.69) is 10.1 Å². The molecule has 1 aromatic carbocycles. The van der Waals surface area contributed by atoms with Gasteiger partial charge in [0, 0.05) is 17.6 Å². The minimum atomic E-state index is -4.71. The van der Waals surface area contributed by atoms with Crippen molar-refractivity contribution in [3.63, 3.8) is 0 Å². The van der Waals surface area contributed by atoms with E-state index in [1.165, 1.54) is 12.1 Å². The van der Waals surface area contributed by atoms with Gasteiger partial charge in [0.1, 0.15) is 6.61 Å². The summed E-state index contributed by atoms with van der Waals surface area (Å²) >= 11 is 0. The van der Waals surface area contributed by atoms with Crippen LogP contribution in [0.4, 0.5) is 17.6 Å². The van der Waals surface area contributed by atoms with Gasteiger partial charge < -0.3 is 10.1 Å². The Kier molecular flexibility index (Phi) is 5.98. The highest BCUT2D eigenvalue weighted by Gasteiger charge is 2.28. The van der Waals surface area contributed by atoms with Crippen molar-refractivity contribution in [1.29, 1.82) is 0 Å². The lowest BCUT2D eigenvalue weighted by atomic mass is 10.1. The zero-order valence-corrected chi connectivity index (χ0v) is 12.2. The van der Waals surface area contributed by atoms with Gasteiger partial charge in [-0.3, -0.25) is 4.74 Å². The lowest BCUT2D eigenvalue weighted by molar-refractivity contribution is -0.325. The van der Waals surface area contributed by atoms with E-state index in [0.717, 1.165) is 0 Å². The summed E-state index contributed by atoms with van der Waals surface area (Å²) in [6.07, 6.45) is -4.71. The van der Waals surface area contributed by atoms with Gasteiger partial charge in [0.25, 0.3) is 0 Å². The standard InChI is InChI=1S/C14H19F4NO2/c1-13(2,3)19-9-10-5-4-6-11(15)12(10)20-7-8-21-14(16,17)18/h4-6,19H,7-9H2,1-3H3. The number of halogens is 4. The minimum absolute atomic E-state index is 0.0555. The van der Waals surface area contributed by atoms with Crippen LogP contribution in [0, 0.1) is 5.82 Å². The molecule has 0 aliphatic carbocycles. The average Bonchev–Trinajstić information content (AvgIpc) is 2.31. The number of hydrogen-bond acceptors (Lipinski definition) is 3. The smallest absolute Gasteiger partial charge is 0.488 e. The molecule has 0 aromatic heterocycles. The molecule has 1 rings (SSSR count). The van der Waals surface area contributed by atoms with Crippen LogP contribution in [0.15, 0.2) is 18.2 Å². The van der Waals surface area contributed by atoms with Crippen LogP contribution in [0.5, 0.6) is 5.75 Å². The Bertz CT molecular complexity index is 455. The molecule has 0 saturated carbocycles. The second-order valence-corrected chi connectivity index (χ2v) is 5.47. The van der Waals surface area contributed by atoms with Gasteiger partial charge in [-0.05, 0) is 26.8 Å². The molecule has 7 heteroatoms. The Hall–Kier alpha value is -1.34. The summed E-state index contributed by atoms with van der Waals surface area (Å²) < 4.78 is 57.9. The number of nitrogens with one attached hydrogen (secondary N) is 1. The van der Waals surface area contributed by atoms with E-state index >= 15 is 0 Å². The summed E-state index contributed by atoms with van der Waals surface area (Å²) in [5.41, 5.74) is 0.361. The van der Waals surface area contributed by atoms with E-state index in [4.69, 9.17) is 4.74 Å². The fourth-order valence-corrected chi connectivity index (χ4v) is 1.52. The number of benzene rings is 1. The van der Waals surface area contributed by atoms with Crippen molar-refractivity contribution in [3.05, 3.63) is 29.6 Å². The summed E-state index contributed by atoms with van der Waals surface area (Å²) in [7, 11) is 0. The molecule has 0 spiro atoms. The molecule has 3 nitrogen and oxygen atoms in total. The Morgan fingerprint density at radius 1 is 1.10 bits per heavy atom. The van der Waals surface area contributed by atoms with Crippen molar-refractivity contribution in [1.82, 2.24) is 5.32 Å². The molecule has 0 heterocycles. The molecule has 120 valence electrons. The average molecular weight is 309 g/mol. The van der Waals surface area contributed by atoms with Gasteiger partial charge in [-0.1, -0.05) is 12.1 Å². The topological polar surface area (TPSA) is 30.5 Å². The van der Waals surface area contributed by atoms with E-state index in [0.29, 0.717) is 12.1 Å². The van der Waals surface area contributed by atoms with Crippen LogP contribution in [-0.4, -0.2) is 25.1 Å². The molecule has 0 atom stereocenters. The van der Waals surface area contributed by atoms with Crippen molar-refractivity contribution in [2.75, 3.05) is 13.2 Å². The highest BCUT2D eigenvalue weighted by Crippen LogP contribution is 2.23. The van der Waals surface area contributed by atoms with Gasteiger partial charge in [-0.15, -0.1) is 13.2 Å². The maximum atomic E-state index is 13.7. The van der Waals surface area contributed by atoms with Gasteiger partial charge >= 0.3 is 6.36 Å². The van der Waals surface area contributed by atoms with Gasteiger partial charge in [-0.25, -0.2) is 4.39 Å². The Balaban J connectivity index is 2.63. The summed E-state index contributed by atoms with van der Waals surface area (Å²) in [6, 6.07) is 4.37. The molecule has 1 aromatic rings. The molecule has 0 amide bonds. The summed E-state index contributed by atoms with van der Waals surface area (Å²) in [5.74, 6) is -0.671. The molecule has 0 saturated heterocycles. The Labute approximate surface area is 121 Å². The lowest BCUT2D eigenvalue weighted by Crippen LogP contribution is -2.35. The molecule has 21 heavy (non-hydrogen) atoms.